The van der Waals surface area contributed by atoms with Gasteiger partial charge in [0.2, 0.25) is 15.9 Å². The van der Waals surface area contributed by atoms with Crippen LogP contribution < -0.4 is 9.47 Å². The van der Waals surface area contributed by atoms with E-state index < -0.39 is 10.0 Å². The predicted octanol–water partition coefficient (Wildman–Crippen LogP) is 2.58. The van der Waals surface area contributed by atoms with E-state index in [9.17, 15) is 13.2 Å². The monoisotopic (exact) mass is 486 g/mol. The summed E-state index contributed by atoms with van der Waals surface area (Å²) in [6.07, 6.45) is 0.739. The Hall–Kier alpha value is -3.11. The number of para-hydroxylation sites is 1. The third-order valence-corrected chi connectivity index (χ3v) is 7.84. The van der Waals surface area contributed by atoms with Gasteiger partial charge in [0, 0.05) is 52.6 Å². The number of rotatable bonds is 8. The Labute approximate surface area is 199 Å². The number of sulfonamides is 1. The number of imidazole rings is 1. The van der Waals surface area contributed by atoms with Crippen molar-refractivity contribution < 1.29 is 22.7 Å². The van der Waals surface area contributed by atoms with Gasteiger partial charge in [-0.2, -0.15) is 0 Å². The number of carbonyl (C=O) groups excluding carboxylic acids is 1. The first-order valence-corrected chi connectivity index (χ1v) is 12.7. The molecule has 1 aliphatic rings. The van der Waals surface area contributed by atoms with E-state index in [-0.39, 0.29) is 10.8 Å². The van der Waals surface area contributed by atoms with Gasteiger partial charge < -0.3 is 18.9 Å². The molecule has 9 nitrogen and oxygen atoms in total. The number of ether oxygens (including phenoxy) is 2. The minimum Gasteiger partial charge on any atom is -0.486 e. The average Bonchev–Trinajstić information content (AvgIpc) is 3.15. The van der Waals surface area contributed by atoms with E-state index in [1.807, 2.05) is 36.7 Å². The van der Waals surface area contributed by atoms with E-state index in [1.165, 1.54) is 18.4 Å². The third kappa shape index (κ3) is 4.60. The molecule has 0 radical (unpaired) electrons. The lowest BCUT2D eigenvalue weighted by Gasteiger charge is -2.25. The first-order valence-electron chi connectivity index (χ1n) is 11.3. The lowest BCUT2D eigenvalue weighted by Crippen LogP contribution is -2.31. The smallest absolute Gasteiger partial charge is 0.242 e. The summed E-state index contributed by atoms with van der Waals surface area (Å²) in [6, 6.07) is 10.6. The number of benzene rings is 2. The standard InChI is InChI=1S/C24H30N4O5S/c1-5-28(16-17-7-6-8-21-24(17)33-14-13-32-21)23(29)12-11-22-25-19-15-18(34(30,31)26(2)3)9-10-20(19)27(22)4/h6-10,15H,5,11-14,16H2,1-4H3. The summed E-state index contributed by atoms with van der Waals surface area (Å²) in [5.74, 6) is 2.16. The number of nitrogens with zero attached hydrogens (tertiary/aromatic N) is 4. The fourth-order valence-electron chi connectivity index (χ4n) is 4.04. The molecule has 1 aliphatic heterocycles. The van der Waals surface area contributed by atoms with Gasteiger partial charge in [-0.05, 0) is 31.2 Å². The second kappa shape index (κ2) is 9.63. The highest BCUT2D eigenvalue weighted by atomic mass is 32.2. The number of fused-ring (bicyclic) bond motifs is 2. The van der Waals surface area contributed by atoms with E-state index in [1.54, 1.807) is 23.1 Å². The van der Waals surface area contributed by atoms with Crippen LogP contribution in [0, 0.1) is 0 Å². The molecule has 0 fully saturated rings. The van der Waals surface area contributed by atoms with Crippen LogP contribution in [0.25, 0.3) is 11.0 Å². The van der Waals surface area contributed by atoms with Crippen molar-refractivity contribution in [2.75, 3.05) is 33.9 Å². The number of aromatic nitrogens is 2. The molecule has 0 saturated carbocycles. The summed E-state index contributed by atoms with van der Waals surface area (Å²) < 4.78 is 39.4. The van der Waals surface area contributed by atoms with Crippen LogP contribution in [0.3, 0.4) is 0 Å². The third-order valence-electron chi connectivity index (χ3n) is 6.03. The summed E-state index contributed by atoms with van der Waals surface area (Å²) in [5.41, 5.74) is 2.33. The molecule has 4 rings (SSSR count). The van der Waals surface area contributed by atoms with Gasteiger partial charge in [-0.25, -0.2) is 17.7 Å². The number of aryl methyl sites for hydroxylation is 2. The summed E-state index contributed by atoms with van der Waals surface area (Å²) in [4.78, 5) is 19.6. The molecule has 34 heavy (non-hydrogen) atoms. The average molecular weight is 487 g/mol. The van der Waals surface area contributed by atoms with E-state index in [2.05, 4.69) is 4.98 Å². The zero-order valence-electron chi connectivity index (χ0n) is 19.9. The molecule has 10 heteroatoms. The van der Waals surface area contributed by atoms with Crippen LogP contribution in [-0.4, -0.2) is 66.9 Å². The topological polar surface area (TPSA) is 94.0 Å². The van der Waals surface area contributed by atoms with Gasteiger partial charge in [-0.3, -0.25) is 4.79 Å². The lowest BCUT2D eigenvalue weighted by molar-refractivity contribution is -0.131. The highest BCUT2D eigenvalue weighted by molar-refractivity contribution is 7.89. The zero-order valence-corrected chi connectivity index (χ0v) is 20.8. The van der Waals surface area contributed by atoms with Gasteiger partial charge in [-0.15, -0.1) is 0 Å². The number of amides is 1. The van der Waals surface area contributed by atoms with E-state index >= 15 is 0 Å². The van der Waals surface area contributed by atoms with Gasteiger partial charge in [0.15, 0.2) is 11.5 Å². The predicted molar refractivity (Wildman–Crippen MR) is 128 cm³/mol. The van der Waals surface area contributed by atoms with Crippen LogP contribution in [0.1, 0.15) is 24.7 Å². The quantitative estimate of drug-likeness (QED) is 0.486. The fourth-order valence-corrected chi connectivity index (χ4v) is 4.96. The molecular formula is C24H30N4O5S. The highest BCUT2D eigenvalue weighted by Gasteiger charge is 2.21. The second-order valence-corrected chi connectivity index (χ2v) is 10.5. The minimum absolute atomic E-state index is 0.0137. The maximum atomic E-state index is 13.0. The van der Waals surface area contributed by atoms with Crippen molar-refractivity contribution in [1.29, 1.82) is 0 Å². The van der Waals surface area contributed by atoms with Gasteiger partial charge in [0.05, 0.1) is 15.9 Å². The molecule has 1 aromatic heterocycles. The van der Waals surface area contributed by atoms with Crippen LogP contribution >= 0.6 is 0 Å². The molecule has 1 amide bonds. The Morgan fingerprint density at radius 1 is 1.15 bits per heavy atom. The summed E-state index contributed by atoms with van der Waals surface area (Å²) in [7, 11) is 1.33. The Morgan fingerprint density at radius 2 is 1.91 bits per heavy atom. The zero-order chi connectivity index (χ0) is 24.5. The van der Waals surface area contributed by atoms with Crippen LogP contribution in [0.4, 0.5) is 0 Å². The van der Waals surface area contributed by atoms with Crippen molar-refractivity contribution in [2.45, 2.75) is 31.2 Å². The highest BCUT2D eigenvalue weighted by Crippen LogP contribution is 2.34. The largest absolute Gasteiger partial charge is 0.486 e. The van der Waals surface area contributed by atoms with Crippen molar-refractivity contribution in [3.05, 3.63) is 47.8 Å². The van der Waals surface area contributed by atoms with Gasteiger partial charge >= 0.3 is 0 Å². The van der Waals surface area contributed by atoms with Crippen molar-refractivity contribution in [1.82, 2.24) is 18.8 Å². The molecule has 0 bridgehead atoms. The Balaban J connectivity index is 1.48. The Morgan fingerprint density at radius 3 is 2.65 bits per heavy atom. The van der Waals surface area contributed by atoms with E-state index in [0.717, 1.165) is 16.9 Å². The van der Waals surface area contributed by atoms with Gasteiger partial charge in [0.25, 0.3) is 0 Å². The minimum atomic E-state index is -3.54. The molecule has 0 atom stereocenters. The first-order chi connectivity index (χ1) is 16.2. The fraction of sp³-hybridized carbons (Fsp3) is 0.417. The molecule has 182 valence electrons. The molecule has 0 unspecified atom stereocenters. The van der Waals surface area contributed by atoms with Crippen LogP contribution in [0.5, 0.6) is 11.5 Å². The molecule has 0 saturated heterocycles. The van der Waals surface area contributed by atoms with Crippen molar-refractivity contribution >= 4 is 27.0 Å². The molecular weight excluding hydrogens is 456 g/mol. The summed E-state index contributed by atoms with van der Waals surface area (Å²) in [5, 5.41) is 0. The molecule has 2 aromatic carbocycles. The van der Waals surface area contributed by atoms with E-state index in [0.29, 0.717) is 56.2 Å². The number of hydrogen-bond acceptors (Lipinski definition) is 6. The molecule has 0 spiro atoms. The molecule has 0 N–H and O–H groups in total. The number of carbonyl (C=O) groups is 1. The van der Waals surface area contributed by atoms with Gasteiger partial charge in [0.1, 0.15) is 19.0 Å². The first kappa shape index (κ1) is 24.0. The van der Waals surface area contributed by atoms with Crippen LogP contribution in [0.15, 0.2) is 41.3 Å². The van der Waals surface area contributed by atoms with Crippen molar-refractivity contribution in [3.63, 3.8) is 0 Å². The summed E-state index contributed by atoms with van der Waals surface area (Å²) in [6.45, 7) is 3.97. The summed E-state index contributed by atoms with van der Waals surface area (Å²) >= 11 is 0. The molecule has 2 heterocycles. The maximum absolute atomic E-state index is 13.0. The lowest BCUT2D eigenvalue weighted by atomic mass is 10.1. The molecule has 0 aliphatic carbocycles. The van der Waals surface area contributed by atoms with Crippen molar-refractivity contribution in [3.8, 4) is 11.5 Å². The van der Waals surface area contributed by atoms with Crippen LogP contribution in [0.2, 0.25) is 0 Å². The normalized spacial score (nSPS) is 13.4. The molecule has 3 aromatic rings. The van der Waals surface area contributed by atoms with Gasteiger partial charge in [-0.1, -0.05) is 12.1 Å². The Bertz CT molecular complexity index is 1320. The SMILES string of the molecule is CCN(Cc1cccc2c1OCCO2)C(=O)CCc1nc2cc(S(=O)(=O)N(C)C)ccc2n1C. The van der Waals surface area contributed by atoms with E-state index in [4.69, 9.17) is 9.47 Å². The number of hydrogen-bond donors (Lipinski definition) is 0. The van der Waals surface area contributed by atoms with Crippen molar-refractivity contribution in [2.24, 2.45) is 7.05 Å². The second-order valence-electron chi connectivity index (χ2n) is 8.37. The maximum Gasteiger partial charge on any atom is 0.242 e. The van der Waals surface area contributed by atoms with Crippen LogP contribution in [-0.2, 0) is 34.8 Å². The Kier molecular flexibility index (Phi) is 6.81.